The molecule has 1 unspecified atom stereocenters. The molecular formula is C16H17BrFNO. The van der Waals surface area contributed by atoms with Crippen LogP contribution < -0.4 is 10.1 Å². The molecule has 2 rings (SSSR count). The van der Waals surface area contributed by atoms with Crippen molar-refractivity contribution in [2.24, 2.45) is 0 Å². The molecule has 20 heavy (non-hydrogen) atoms. The molecule has 4 heteroatoms. The fraction of sp³-hybridized carbons (Fsp3) is 0.250. The van der Waals surface area contributed by atoms with Crippen LogP contribution in [0, 0.1) is 5.82 Å². The van der Waals surface area contributed by atoms with Crippen LogP contribution in [0.1, 0.15) is 24.1 Å². The number of rotatable bonds is 5. The van der Waals surface area contributed by atoms with Crippen LogP contribution in [0.4, 0.5) is 4.39 Å². The molecule has 0 saturated carbocycles. The predicted molar refractivity (Wildman–Crippen MR) is 82.3 cm³/mol. The summed E-state index contributed by atoms with van der Waals surface area (Å²) in [5.74, 6) is 0.319. The van der Waals surface area contributed by atoms with Gasteiger partial charge in [-0.05, 0) is 32.2 Å². The molecule has 0 aliphatic rings. The predicted octanol–water partition coefficient (Wildman–Crippen LogP) is 4.45. The van der Waals surface area contributed by atoms with Crippen molar-refractivity contribution in [3.8, 4) is 5.75 Å². The van der Waals surface area contributed by atoms with Crippen molar-refractivity contribution in [2.75, 3.05) is 7.05 Å². The Labute approximate surface area is 127 Å². The maximum absolute atomic E-state index is 14.0. The molecule has 2 aromatic carbocycles. The van der Waals surface area contributed by atoms with Gasteiger partial charge < -0.3 is 10.1 Å². The summed E-state index contributed by atoms with van der Waals surface area (Å²) >= 11 is 3.48. The molecule has 2 nitrogen and oxygen atoms in total. The van der Waals surface area contributed by atoms with Crippen LogP contribution in [-0.4, -0.2) is 7.05 Å². The van der Waals surface area contributed by atoms with E-state index < -0.39 is 0 Å². The Morgan fingerprint density at radius 1 is 1.20 bits per heavy atom. The minimum Gasteiger partial charge on any atom is -0.488 e. The van der Waals surface area contributed by atoms with E-state index in [1.54, 1.807) is 19.2 Å². The van der Waals surface area contributed by atoms with E-state index in [1.165, 1.54) is 6.07 Å². The molecule has 0 aromatic heterocycles. The highest BCUT2D eigenvalue weighted by Gasteiger charge is 2.15. The number of halogens is 2. The first-order valence-corrected chi connectivity index (χ1v) is 7.24. The Morgan fingerprint density at radius 2 is 1.95 bits per heavy atom. The van der Waals surface area contributed by atoms with Crippen LogP contribution >= 0.6 is 15.9 Å². The van der Waals surface area contributed by atoms with Gasteiger partial charge in [-0.25, -0.2) is 4.39 Å². The highest BCUT2D eigenvalue weighted by atomic mass is 79.9. The van der Waals surface area contributed by atoms with Crippen molar-refractivity contribution in [1.29, 1.82) is 0 Å². The number of benzene rings is 2. The lowest BCUT2D eigenvalue weighted by atomic mass is 10.1. The molecule has 0 saturated heterocycles. The summed E-state index contributed by atoms with van der Waals surface area (Å²) < 4.78 is 20.7. The van der Waals surface area contributed by atoms with Crippen molar-refractivity contribution in [1.82, 2.24) is 5.32 Å². The van der Waals surface area contributed by atoms with Crippen molar-refractivity contribution < 1.29 is 9.13 Å². The normalized spacial score (nSPS) is 12.2. The lowest BCUT2D eigenvalue weighted by Crippen LogP contribution is -2.15. The average molecular weight is 338 g/mol. The first kappa shape index (κ1) is 15.0. The van der Waals surface area contributed by atoms with Crippen LogP contribution in [0.2, 0.25) is 0 Å². The minimum absolute atomic E-state index is 0.106. The van der Waals surface area contributed by atoms with E-state index in [9.17, 15) is 4.39 Å². The fourth-order valence-corrected chi connectivity index (χ4v) is 2.38. The van der Waals surface area contributed by atoms with Crippen LogP contribution in [-0.2, 0) is 6.61 Å². The van der Waals surface area contributed by atoms with Gasteiger partial charge in [-0.1, -0.05) is 40.2 Å². The van der Waals surface area contributed by atoms with E-state index >= 15 is 0 Å². The monoisotopic (exact) mass is 337 g/mol. The molecule has 1 atom stereocenters. The third-order valence-corrected chi connectivity index (χ3v) is 3.99. The summed E-state index contributed by atoms with van der Waals surface area (Å²) in [6.07, 6.45) is 0. The van der Waals surface area contributed by atoms with Gasteiger partial charge in [-0.15, -0.1) is 0 Å². The first-order chi connectivity index (χ1) is 9.63. The second-order valence-electron chi connectivity index (χ2n) is 4.54. The minimum atomic E-state index is -0.253. The topological polar surface area (TPSA) is 21.3 Å². The summed E-state index contributed by atoms with van der Waals surface area (Å²) in [6.45, 7) is 2.30. The standard InChI is InChI=1S/C16H17BrFNO/c1-11(19-2)16-14(18)8-5-9-15(16)20-10-12-6-3-4-7-13(12)17/h3-9,11,19H,10H2,1-2H3. The lowest BCUT2D eigenvalue weighted by Gasteiger charge is -2.17. The van der Waals surface area contributed by atoms with Crippen molar-refractivity contribution in [2.45, 2.75) is 19.6 Å². The van der Waals surface area contributed by atoms with Crippen LogP contribution in [0.5, 0.6) is 5.75 Å². The van der Waals surface area contributed by atoms with Gasteiger partial charge >= 0.3 is 0 Å². The van der Waals surface area contributed by atoms with Gasteiger partial charge in [-0.3, -0.25) is 0 Å². The Hall–Kier alpha value is -1.39. The molecule has 2 aromatic rings. The smallest absolute Gasteiger partial charge is 0.131 e. The summed E-state index contributed by atoms with van der Waals surface area (Å²) in [5, 5.41) is 3.04. The molecule has 0 aliphatic carbocycles. The van der Waals surface area contributed by atoms with Gasteiger partial charge in [0.2, 0.25) is 0 Å². The zero-order valence-corrected chi connectivity index (χ0v) is 13.1. The second-order valence-corrected chi connectivity index (χ2v) is 5.40. The molecule has 0 bridgehead atoms. The van der Waals surface area contributed by atoms with E-state index in [0.717, 1.165) is 10.0 Å². The van der Waals surface area contributed by atoms with E-state index in [1.807, 2.05) is 31.2 Å². The van der Waals surface area contributed by atoms with E-state index in [-0.39, 0.29) is 11.9 Å². The van der Waals surface area contributed by atoms with Crippen LogP contribution in [0.25, 0.3) is 0 Å². The first-order valence-electron chi connectivity index (χ1n) is 6.45. The highest BCUT2D eigenvalue weighted by molar-refractivity contribution is 9.10. The van der Waals surface area contributed by atoms with Crippen molar-refractivity contribution >= 4 is 15.9 Å². The molecule has 0 spiro atoms. The zero-order chi connectivity index (χ0) is 14.5. The Bertz CT molecular complexity index is 588. The Balaban J connectivity index is 2.22. The van der Waals surface area contributed by atoms with Crippen molar-refractivity contribution in [3.63, 3.8) is 0 Å². The maximum atomic E-state index is 14.0. The third kappa shape index (κ3) is 3.38. The molecule has 0 heterocycles. The Morgan fingerprint density at radius 3 is 2.65 bits per heavy atom. The van der Waals surface area contributed by atoms with Gasteiger partial charge in [0.1, 0.15) is 18.2 Å². The number of nitrogens with one attached hydrogen (secondary N) is 1. The van der Waals surface area contributed by atoms with Gasteiger partial charge in [-0.2, -0.15) is 0 Å². The van der Waals surface area contributed by atoms with E-state index in [2.05, 4.69) is 21.2 Å². The van der Waals surface area contributed by atoms with E-state index in [4.69, 9.17) is 4.74 Å². The van der Waals surface area contributed by atoms with Gasteiger partial charge in [0.25, 0.3) is 0 Å². The molecule has 106 valence electrons. The molecule has 0 amide bonds. The second kappa shape index (κ2) is 6.86. The average Bonchev–Trinajstić information content (AvgIpc) is 2.46. The summed E-state index contributed by atoms with van der Waals surface area (Å²) in [7, 11) is 1.80. The Kier molecular flexibility index (Phi) is 5.15. The molecule has 0 radical (unpaired) electrons. The zero-order valence-electron chi connectivity index (χ0n) is 11.5. The number of ether oxygens (including phenoxy) is 1. The van der Waals surface area contributed by atoms with Gasteiger partial charge in [0.05, 0.1) is 0 Å². The molecular weight excluding hydrogens is 321 g/mol. The van der Waals surface area contributed by atoms with Crippen LogP contribution in [0.3, 0.4) is 0 Å². The highest BCUT2D eigenvalue weighted by Crippen LogP contribution is 2.29. The quantitative estimate of drug-likeness (QED) is 0.870. The molecule has 0 aliphatic heterocycles. The maximum Gasteiger partial charge on any atom is 0.131 e. The largest absolute Gasteiger partial charge is 0.488 e. The summed E-state index contributed by atoms with van der Waals surface area (Å²) in [6, 6.07) is 12.6. The summed E-state index contributed by atoms with van der Waals surface area (Å²) in [4.78, 5) is 0. The fourth-order valence-electron chi connectivity index (χ4n) is 1.98. The van der Waals surface area contributed by atoms with Crippen LogP contribution in [0.15, 0.2) is 46.9 Å². The number of hydrogen-bond donors (Lipinski definition) is 1. The third-order valence-electron chi connectivity index (χ3n) is 3.22. The van der Waals surface area contributed by atoms with Gasteiger partial charge in [0.15, 0.2) is 0 Å². The molecule has 0 fully saturated rings. The lowest BCUT2D eigenvalue weighted by molar-refractivity contribution is 0.296. The summed E-state index contributed by atoms with van der Waals surface area (Å²) in [5.41, 5.74) is 1.59. The molecule has 1 N–H and O–H groups in total. The van der Waals surface area contributed by atoms with E-state index in [0.29, 0.717) is 17.9 Å². The van der Waals surface area contributed by atoms with Crippen molar-refractivity contribution in [3.05, 3.63) is 63.9 Å². The number of hydrogen-bond acceptors (Lipinski definition) is 2. The SMILES string of the molecule is CNC(C)c1c(F)cccc1OCc1ccccc1Br. The van der Waals surface area contributed by atoms with Gasteiger partial charge in [0, 0.05) is 21.6 Å².